The molecule has 4 rings (SSSR count). The number of anilines is 1. The quantitative estimate of drug-likeness (QED) is 0.879. The average molecular weight is 329 g/mol. The van der Waals surface area contributed by atoms with Gasteiger partial charge in [0, 0.05) is 46.3 Å². The van der Waals surface area contributed by atoms with Crippen LogP contribution < -0.4 is 10.6 Å². The van der Waals surface area contributed by atoms with Gasteiger partial charge < -0.3 is 19.9 Å². The Morgan fingerprint density at radius 3 is 2.62 bits per heavy atom. The van der Waals surface area contributed by atoms with Crippen molar-refractivity contribution in [2.24, 2.45) is 12.8 Å². The van der Waals surface area contributed by atoms with E-state index < -0.39 is 5.54 Å². The highest BCUT2D eigenvalue weighted by Gasteiger charge is 2.46. The third-order valence-electron chi connectivity index (χ3n) is 5.39. The lowest BCUT2D eigenvalue weighted by Crippen LogP contribution is -2.63. The van der Waals surface area contributed by atoms with Crippen molar-refractivity contribution in [2.45, 2.75) is 12.0 Å². The van der Waals surface area contributed by atoms with E-state index in [4.69, 9.17) is 15.5 Å². The second-order valence-corrected chi connectivity index (χ2v) is 6.63. The molecule has 2 fully saturated rings. The van der Waals surface area contributed by atoms with Crippen molar-refractivity contribution >= 4 is 22.9 Å². The molecule has 0 aliphatic carbocycles. The molecule has 0 bridgehead atoms. The van der Waals surface area contributed by atoms with Gasteiger partial charge in [0.05, 0.1) is 17.6 Å². The maximum Gasteiger partial charge on any atom is 0.240 e. The first kappa shape index (κ1) is 15.4. The topological polar surface area (TPSA) is 76.6 Å². The Labute approximate surface area is 141 Å². The predicted octanol–water partition coefficient (Wildman–Crippen LogP) is 0.340. The van der Waals surface area contributed by atoms with Gasteiger partial charge in [-0.05, 0) is 12.1 Å². The van der Waals surface area contributed by atoms with E-state index in [2.05, 4.69) is 20.4 Å². The van der Waals surface area contributed by atoms with Crippen molar-refractivity contribution in [3.05, 3.63) is 24.3 Å². The summed E-state index contributed by atoms with van der Waals surface area (Å²) in [5, 5.41) is 0. The number of nitrogens with two attached hydrogens (primary N) is 1. The summed E-state index contributed by atoms with van der Waals surface area (Å²) in [7, 11) is 2.05. The molecule has 1 unspecified atom stereocenters. The summed E-state index contributed by atoms with van der Waals surface area (Å²) in [6, 6.07) is 8.16. The van der Waals surface area contributed by atoms with Crippen molar-refractivity contribution in [3.63, 3.8) is 0 Å². The molecule has 2 aromatic rings. The van der Waals surface area contributed by atoms with E-state index in [0.717, 1.165) is 43.2 Å². The number of aromatic nitrogens is 2. The van der Waals surface area contributed by atoms with E-state index in [9.17, 15) is 4.79 Å². The molecule has 2 aliphatic rings. The number of rotatable bonds is 3. The van der Waals surface area contributed by atoms with Crippen LogP contribution >= 0.6 is 0 Å². The number of nitrogens with zero attached hydrogens (tertiary/aromatic N) is 4. The van der Waals surface area contributed by atoms with Crippen molar-refractivity contribution in [2.75, 3.05) is 44.3 Å². The number of para-hydroxylation sites is 2. The Balaban J connectivity index is 1.53. The SMILES string of the molecule is Cn1c(N2CCN(C3(C(N)=O)CCOC3)CC2)nc2ccccc21. The molecule has 2 saturated heterocycles. The third-order valence-corrected chi connectivity index (χ3v) is 5.39. The maximum absolute atomic E-state index is 12.0. The van der Waals surface area contributed by atoms with Crippen molar-refractivity contribution in [1.82, 2.24) is 14.5 Å². The lowest BCUT2D eigenvalue weighted by Gasteiger charge is -2.43. The molecule has 1 amide bonds. The minimum Gasteiger partial charge on any atom is -0.379 e. The van der Waals surface area contributed by atoms with Gasteiger partial charge in [0.15, 0.2) is 0 Å². The van der Waals surface area contributed by atoms with Crippen LogP contribution in [-0.4, -0.2) is 65.3 Å². The number of carbonyl (C=O) groups is 1. The van der Waals surface area contributed by atoms with Gasteiger partial charge in [-0.2, -0.15) is 0 Å². The number of carbonyl (C=O) groups excluding carboxylic acids is 1. The van der Waals surface area contributed by atoms with Crippen LogP contribution in [0, 0.1) is 0 Å². The summed E-state index contributed by atoms with van der Waals surface area (Å²) in [5.74, 6) is 0.711. The first-order valence-electron chi connectivity index (χ1n) is 8.41. The third kappa shape index (κ3) is 2.27. The fourth-order valence-electron chi connectivity index (χ4n) is 3.90. The van der Waals surface area contributed by atoms with Gasteiger partial charge in [0.25, 0.3) is 0 Å². The van der Waals surface area contributed by atoms with E-state index >= 15 is 0 Å². The number of ether oxygens (including phenoxy) is 1. The van der Waals surface area contributed by atoms with Crippen molar-refractivity contribution < 1.29 is 9.53 Å². The number of benzene rings is 1. The zero-order valence-corrected chi connectivity index (χ0v) is 13.9. The number of amides is 1. The first-order valence-corrected chi connectivity index (χ1v) is 8.41. The number of primary amides is 1. The van der Waals surface area contributed by atoms with Crippen LogP contribution in [0.2, 0.25) is 0 Å². The van der Waals surface area contributed by atoms with Crippen LogP contribution in [0.1, 0.15) is 6.42 Å². The van der Waals surface area contributed by atoms with Crippen LogP contribution in [0.25, 0.3) is 11.0 Å². The summed E-state index contributed by atoms with van der Waals surface area (Å²) in [6.45, 7) is 4.24. The molecule has 1 aromatic carbocycles. The number of piperazine rings is 1. The summed E-state index contributed by atoms with van der Waals surface area (Å²) in [6.07, 6.45) is 0.689. The van der Waals surface area contributed by atoms with Crippen LogP contribution in [0.5, 0.6) is 0 Å². The minimum absolute atomic E-state index is 0.267. The highest BCUT2D eigenvalue weighted by Crippen LogP contribution is 2.29. The van der Waals surface area contributed by atoms with E-state index in [1.807, 2.05) is 25.2 Å². The number of aryl methyl sites for hydroxylation is 1. The maximum atomic E-state index is 12.0. The summed E-state index contributed by atoms with van der Waals surface area (Å²) < 4.78 is 7.61. The summed E-state index contributed by atoms with van der Waals surface area (Å²) in [5.41, 5.74) is 7.21. The smallest absolute Gasteiger partial charge is 0.240 e. The van der Waals surface area contributed by atoms with Gasteiger partial charge in [-0.1, -0.05) is 12.1 Å². The van der Waals surface area contributed by atoms with Crippen LogP contribution in [-0.2, 0) is 16.6 Å². The van der Waals surface area contributed by atoms with Gasteiger partial charge in [0.2, 0.25) is 11.9 Å². The normalized spacial score (nSPS) is 25.5. The zero-order chi connectivity index (χ0) is 16.7. The molecule has 7 heteroatoms. The Kier molecular flexibility index (Phi) is 3.69. The summed E-state index contributed by atoms with van der Waals surface area (Å²) >= 11 is 0. The van der Waals surface area contributed by atoms with Crippen LogP contribution in [0.3, 0.4) is 0 Å². The Bertz CT molecular complexity index is 757. The number of hydrogen-bond acceptors (Lipinski definition) is 5. The molecule has 2 aliphatic heterocycles. The number of imidazole rings is 1. The zero-order valence-electron chi connectivity index (χ0n) is 13.9. The lowest BCUT2D eigenvalue weighted by atomic mass is 9.94. The van der Waals surface area contributed by atoms with Gasteiger partial charge in [-0.25, -0.2) is 4.98 Å². The van der Waals surface area contributed by atoms with Crippen molar-refractivity contribution in [1.29, 1.82) is 0 Å². The summed E-state index contributed by atoms with van der Waals surface area (Å²) in [4.78, 5) is 21.3. The Hall–Kier alpha value is -2.12. The van der Waals surface area contributed by atoms with Crippen LogP contribution in [0.15, 0.2) is 24.3 Å². The first-order chi connectivity index (χ1) is 11.6. The van der Waals surface area contributed by atoms with Gasteiger partial charge in [-0.15, -0.1) is 0 Å². The molecular weight excluding hydrogens is 306 g/mol. The Morgan fingerprint density at radius 1 is 1.25 bits per heavy atom. The van der Waals surface area contributed by atoms with E-state index in [1.165, 1.54) is 0 Å². The van der Waals surface area contributed by atoms with Gasteiger partial charge in [0.1, 0.15) is 5.54 Å². The van der Waals surface area contributed by atoms with Crippen molar-refractivity contribution in [3.8, 4) is 0 Å². The fraction of sp³-hybridized carbons (Fsp3) is 0.529. The monoisotopic (exact) mass is 329 g/mol. The molecule has 128 valence electrons. The molecule has 3 heterocycles. The minimum atomic E-state index is -0.627. The standard InChI is InChI=1S/C17H23N5O2/c1-20-14-5-3-2-4-13(14)19-16(20)21-7-9-22(10-8-21)17(15(18)23)6-11-24-12-17/h2-5H,6-12H2,1H3,(H2,18,23). The Morgan fingerprint density at radius 2 is 2.00 bits per heavy atom. The average Bonchev–Trinajstić information content (AvgIpc) is 3.22. The van der Waals surface area contributed by atoms with E-state index in [1.54, 1.807) is 0 Å². The van der Waals surface area contributed by atoms with Gasteiger partial charge in [-0.3, -0.25) is 9.69 Å². The molecular formula is C17H23N5O2. The molecule has 0 spiro atoms. The highest BCUT2D eigenvalue weighted by molar-refractivity contribution is 5.85. The molecule has 2 N–H and O–H groups in total. The molecule has 1 aromatic heterocycles. The second kappa shape index (κ2) is 5.75. The largest absolute Gasteiger partial charge is 0.379 e. The van der Waals surface area contributed by atoms with E-state index in [0.29, 0.717) is 19.6 Å². The number of hydrogen-bond donors (Lipinski definition) is 1. The molecule has 0 radical (unpaired) electrons. The fourth-order valence-corrected chi connectivity index (χ4v) is 3.90. The van der Waals surface area contributed by atoms with E-state index in [-0.39, 0.29) is 5.91 Å². The molecule has 7 nitrogen and oxygen atoms in total. The molecule has 24 heavy (non-hydrogen) atoms. The molecule has 0 saturated carbocycles. The highest BCUT2D eigenvalue weighted by atomic mass is 16.5. The second-order valence-electron chi connectivity index (χ2n) is 6.63. The van der Waals surface area contributed by atoms with Gasteiger partial charge >= 0.3 is 0 Å². The number of fused-ring (bicyclic) bond motifs is 1. The predicted molar refractivity (Wildman–Crippen MR) is 91.9 cm³/mol. The lowest BCUT2D eigenvalue weighted by molar-refractivity contribution is -0.130. The van der Waals surface area contributed by atoms with Crippen LogP contribution in [0.4, 0.5) is 5.95 Å². The molecule has 1 atom stereocenters.